The van der Waals surface area contributed by atoms with Crippen LogP contribution in [0.1, 0.15) is 20.7 Å². The lowest BCUT2D eigenvalue weighted by Gasteiger charge is -2.31. The van der Waals surface area contributed by atoms with E-state index in [1.165, 1.54) is 5.01 Å². The first kappa shape index (κ1) is 13.0. The highest BCUT2D eigenvalue weighted by Gasteiger charge is 2.47. The Morgan fingerprint density at radius 3 is 2.50 bits per heavy atom. The molecule has 5 nitrogen and oxygen atoms in total. The number of anilines is 2. The number of nitrogens with one attached hydrogen (secondary N) is 2. The Hall–Kier alpha value is -2.73. The Morgan fingerprint density at radius 1 is 1.00 bits per heavy atom. The molecule has 6 heteroatoms. The van der Waals surface area contributed by atoms with Crippen molar-refractivity contribution >= 4 is 40.3 Å². The Morgan fingerprint density at radius 2 is 1.73 bits per heavy atom. The highest BCUT2D eigenvalue weighted by Crippen LogP contribution is 2.35. The van der Waals surface area contributed by atoms with Crippen molar-refractivity contribution in [1.29, 1.82) is 0 Å². The van der Waals surface area contributed by atoms with E-state index in [0.717, 1.165) is 11.4 Å². The lowest BCUT2D eigenvalue weighted by molar-refractivity contribution is 0.0883. The first-order valence-electron chi connectivity index (χ1n) is 6.79. The summed E-state index contributed by atoms with van der Waals surface area (Å²) < 4.78 is 0. The monoisotopic (exact) mass is 309 g/mol. The number of carbonyl (C=O) groups is 2. The SMILES string of the molecule is O=C1c2ccc3cc2C(=O)C1N3NC(=S)Nc1ccccc1. The molecule has 0 fully saturated rings. The van der Waals surface area contributed by atoms with Crippen molar-refractivity contribution in [2.75, 3.05) is 10.3 Å². The van der Waals surface area contributed by atoms with Crippen molar-refractivity contribution in [2.45, 2.75) is 6.04 Å². The number of nitrogens with zero attached hydrogens (tertiary/aromatic N) is 1. The number of thiocarbonyl (C=S) groups is 1. The van der Waals surface area contributed by atoms with Crippen LogP contribution in [0.15, 0.2) is 48.5 Å². The van der Waals surface area contributed by atoms with Gasteiger partial charge in [-0.1, -0.05) is 18.2 Å². The van der Waals surface area contributed by atoms with Crippen LogP contribution in [-0.4, -0.2) is 22.7 Å². The second-order valence-electron chi connectivity index (χ2n) is 5.16. The summed E-state index contributed by atoms with van der Waals surface area (Å²) in [5.41, 5.74) is 5.53. The van der Waals surface area contributed by atoms with E-state index < -0.39 is 6.04 Å². The van der Waals surface area contributed by atoms with Crippen LogP contribution >= 0.6 is 12.2 Å². The first-order chi connectivity index (χ1) is 10.6. The van der Waals surface area contributed by atoms with Crippen molar-refractivity contribution < 1.29 is 9.59 Å². The molecule has 0 radical (unpaired) electrons. The second-order valence-corrected chi connectivity index (χ2v) is 5.57. The van der Waals surface area contributed by atoms with Crippen molar-refractivity contribution in [1.82, 2.24) is 5.43 Å². The van der Waals surface area contributed by atoms with E-state index >= 15 is 0 Å². The molecular formula is C16H11N3O2S. The van der Waals surface area contributed by atoms with Gasteiger partial charge in [0.2, 0.25) is 0 Å². The largest absolute Gasteiger partial charge is 0.331 e. The van der Waals surface area contributed by atoms with Gasteiger partial charge in [-0.25, -0.2) is 0 Å². The topological polar surface area (TPSA) is 61.4 Å². The van der Waals surface area contributed by atoms with Gasteiger partial charge in [0.25, 0.3) is 0 Å². The van der Waals surface area contributed by atoms with Crippen molar-refractivity contribution in [3.8, 4) is 0 Å². The van der Waals surface area contributed by atoms with Crippen LogP contribution in [0.3, 0.4) is 0 Å². The lowest BCUT2D eigenvalue weighted by Crippen LogP contribution is -2.55. The Balaban J connectivity index is 1.59. The Kier molecular flexibility index (Phi) is 2.74. The third-order valence-corrected chi connectivity index (χ3v) is 4.01. The number of para-hydroxylation sites is 1. The lowest BCUT2D eigenvalue weighted by atomic mass is 10.1. The number of hydrazine groups is 1. The summed E-state index contributed by atoms with van der Waals surface area (Å²) in [5, 5.41) is 4.88. The van der Waals surface area contributed by atoms with Crippen LogP contribution in [0, 0.1) is 0 Å². The molecule has 0 saturated carbocycles. The van der Waals surface area contributed by atoms with E-state index in [2.05, 4.69) is 10.7 Å². The number of hydrogen-bond donors (Lipinski definition) is 2. The van der Waals surface area contributed by atoms with Gasteiger partial charge in [0.1, 0.15) is 0 Å². The molecule has 3 bridgehead atoms. The predicted molar refractivity (Wildman–Crippen MR) is 87.2 cm³/mol. The van der Waals surface area contributed by atoms with E-state index in [1.807, 2.05) is 30.3 Å². The number of fused-ring (bicyclic) bond motifs is 2. The Labute approximate surface area is 131 Å². The molecule has 1 aliphatic heterocycles. The molecular weight excluding hydrogens is 298 g/mol. The number of carbonyl (C=O) groups excluding carboxylic acids is 2. The molecule has 1 heterocycles. The summed E-state index contributed by atoms with van der Waals surface area (Å²) in [4.78, 5) is 24.5. The van der Waals surface area contributed by atoms with Crippen LogP contribution in [0.5, 0.6) is 0 Å². The van der Waals surface area contributed by atoms with Crippen molar-refractivity contribution in [3.63, 3.8) is 0 Å². The Bertz CT molecular complexity index is 811. The van der Waals surface area contributed by atoms with Gasteiger partial charge in [-0.15, -0.1) is 0 Å². The van der Waals surface area contributed by atoms with Gasteiger partial charge in [-0.05, 0) is 42.5 Å². The minimum absolute atomic E-state index is 0.178. The first-order valence-corrected chi connectivity index (χ1v) is 7.20. The fourth-order valence-electron chi connectivity index (χ4n) is 2.82. The number of rotatable bonds is 2. The minimum Gasteiger partial charge on any atom is -0.331 e. The summed E-state index contributed by atoms with van der Waals surface area (Å²) in [6, 6.07) is 13.8. The van der Waals surface area contributed by atoms with Crippen LogP contribution in [0.25, 0.3) is 0 Å². The third kappa shape index (κ3) is 1.81. The molecule has 0 amide bonds. The molecule has 2 aliphatic rings. The molecule has 1 atom stereocenters. The molecule has 2 aromatic carbocycles. The normalized spacial score (nSPS) is 17.8. The van der Waals surface area contributed by atoms with Crippen LogP contribution in [-0.2, 0) is 0 Å². The van der Waals surface area contributed by atoms with E-state index in [-0.39, 0.29) is 11.6 Å². The van der Waals surface area contributed by atoms with Crippen molar-refractivity contribution in [2.24, 2.45) is 0 Å². The van der Waals surface area contributed by atoms with Crippen LogP contribution in [0.2, 0.25) is 0 Å². The predicted octanol–water partition coefficient (Wildman–Crippen LogP) is 2.16. The summed E-state index contributed by atoms with van der Waals surface area (Å²) in [5.74, 6) is -0.363. The van der Waals surface area contributed by atoms with Crippen LogP contribution in [0.4, 0.5) is 11.4 Å². The number of benzene rings is 2. The molecule has 0 saturated heterocycles. The van der Waals surface area contributed by atoms with E-state index in [9.17, 15) is 9.59 Å². The average Bonchev–Trinajstić information content (AvgIpc) is 2.63. The van der Waals surface area contributed by atoms with Gasteiger partial charge < -0.3 is 5.32 Å². The fourth-order valence-corrected chi connectivity index (χ4v) is 3.03. The molecule has 108 valence electrons. The van der Waals surface area contributed by atoms with Gasteiger partial charge in [-0.3, -0.25) is 20.0 Å². The highest BCUT2D eigenvalue weighted by atomic mass is 32.1. The van der Waals surface area contributed by atoms with E-state index in [0.29, 0.717) is 16.2 Å². The molecule has 0 spiro atoms. The average molecular weight is 309 g/mol. The summed E-state index contributed by atoms with van der Waals surface area (Å²) in [7, 11) is 0. The smallest absolute Gasteiger partial charge is 0.196 e. The third-order valence-electron chi connectivity index (χ3n) is 3.82. The maximum Gasteiger partial charge on any atom is 0.196 e. The molecule has 1 aliphatic carbocycles. The van der Waals surface area contributed by atoms with Crippen molar-refractivity contribution in [3.05, 3.63) is 59.7 Å². The summed E-state index contributed by atoms with van der Waals surface area (Å²) in [6.07, 6.45) is 0. The molecule has 1 unspecified atom stereocenters. The zero-order valence-electron chi connectivity index (χ0n) is 11.4. The molecule has 22 heavy (non-hydrogen) atoms. The van der Waals surface area contributed by atoms with Gasteiger partial charge >= 0.3 is 0 Å². The number of ketones is 2. The maximum absolute atomic E-state index is 12.3. The van der Waals surface area contributed by atoms with Gasteiger partial charge in [0.05, 0.1) is 5.69 Å². The van der Waals surface area contributed by atoms with Gasteiger partial charge in [0.15, 0.2) is 22.7 Å². The zero-order chi connectivity index (χ0) is 15.3. The number of hydrogen-bond acceptors (Lipinski definition) is 4. The van der Waals surface area contributed by atoms with Gasteiger partial charge in [0, 0.05) is 16.8 Å². The highest BCUT2D eigenvalue weighted by molar-refractivity contribution is 7.80. The van der Waals surface area contributed by atoms with E-state index in [4.69, 9.17) is 12.2 Å². The quantitative estimate of drug-likeness (QED) is 0.655. The standard InChI is InChI=1S/C16H11N3O2S/c20-14-11-7-6-10-8-12(11)15(21)13(14)19(10)18-16(22)17-9-4-2-1-3-5-9/h1-8,13H,(H2,17,18,22). The zero-order valence-corrected chi connectivity index (χ0v) is 12.2. The molecule has 0 aromatic heterocycles. The fraction of sp³-hybridized carbons (Fsp3) is 0.0625. The molecule has 2 N–H and O–H groups in total. The van der Waals surface area contributed by atoms with E-state index in [1.54, 1.807) is 18.2 Å². The summed E-state index contributed by atoms with van der Waals surface area (Å²) >= 11 is 5.27. The van der Waals surface area contributed by atoms with Gasteiger partial charge in [-0.2, -0.15) is 0 Å². The molecule has 2 aromatic rings. The minimum atomic E-state index is -0.851. The molecule has 4 rings (SSSR count). The number of Topliss-reactive ketones (excluding diaryl/α,β-unsaturated/α-hetero) is 2. The summed E-state index contributed by atoms with van der Waals surface area (Å²) in [6.45, 7) is 0. The second kappa shape index (κ2) is 4.64. The maximum atomic E-state index is 12.3. The van der Waals surface area contributed by atoms with Crippen LogP contribution < -0.4 is 15.8 Å².